The van der Waals surface area contributed by atoms with Crippen LogP contribution in [0, 0.1) is 5.82 Å². The van der Waals surface area contributed by atoms with Crippen LogP contribution in [0.5, 0.6) is 5.75 Å². The van der Waals surface area contributed by atoms with Gasteiger partial charge in [-0.1, -0.05) is 34.1 Å². The summed E-state index contributed by atoms with van der Waals surface area (Å²) in [6.45, 7) is 0.112. The second kappa shape index (κ2) is 7.61. The summed E-state index contributed by atoms with van der Waals surface area (Å²) in [4.78, 5) is 1.32. The quantitative estimate of drug-likeness (QED) is 0.399. The molecule has 0 amide bonds. The molecule has 0 fully saturated rings. The lowest BCUT2D eigenvalue weighted by molar-refractivity contribution is -0.179. The van der Waals surface area contributed by atoms with Crippen LogP contribution in [0.15, 0.2) is 71.2 Å². The van der Waals surface area contributed by atoms with Crippen LogP contribution in [0.1, 0.15) is 16.7 Å². The molecule has 0 spiro atoms. The molecule has 2 nitrogen and oxygen atoms in total. The van der Waals surface area contributed by atoms with E-state index < -0.39 is 17.5 Å². The molecular formula is C23H18BrF4NO. The van der Waals surface area contributed by atoms with E-state index in [0.29, 0.717) is 27.9 Å². The smallest absolute Gasteiger partial charge is 0.420 e. The Hall–Kier alpha value is -2.54. The number of methoxy groups -OCH3 is 1. The van der Waals surface area contributed by atoms with Gasteiger partial charge in [0.1, 0.15) is 11.6 Å². The van der Waals surface area contributed by atoms with Gasteiger partial charge in [0.2, 0.25) is 0 Å². The van der Waals surface area contributed by atoms with Crippen molar-refractivity contribution in [3.05, 3.63) is 93.7 Å². The monoisotopic (exact) mass is 479 g/mol. The third-order valence-corrected chi connectivity index (χ3v) is 6.05. The van der Waals surface area contributed by atoms with Crippen LogP contribution in [-0.2, 0) is 12.0 Å². The molecule has 0 aliphatic carbocycles. The van der Waals surface area contributed by atoms with E-state index in [0.717, 1.165) is 0 Å². The number of halogens is 5. The molecule has 1 aliphatic rings. The van der Waals surface area contributed by atoms with Crippen LogP contribution in [0.3, 0.4) is 0 Å². The summed E-state index contributed by atoms with van der Waals surface area (Å²) in [7, 11) is 1.49. The Bertz CT molecular complexity index is 1050. The maximum atomic E-state index is 15.1. The van der Waals surface area contributed by atoms with Gasteiger partial charge in [0.25, 0.3) is 0 Å². The van der Waals surface area contributed by atoms with Crippen LogP contribution >= 0.6 is 15.9 Å². The lowest BCUT2D eigenvalue weighted by Crippen LogP contribution is -2.60. The molecule has 0 N–H and O–H groups in total. The number of hydrogen-bond donors (Lipinski definition) is 0. The highest BCUT2D eigenvalue weighted by Crippen LogP contribution is 2.53. The zero-order chi connectivity index (χ0) is 21.5. The summed E-state index contributed by atoms with van der Waals surface area (Å²) < 4.78 is 64.7. The molecule has 30 heavy (non-hydrogen) atoms. The molecule has 0 radical (unpaired) electrons. The van der Waals surface area contributed by atoms with Crippen molar-refractivity contribution in [1.82, 2.24) is 0 Å². The van der Waals surface area contributed by atoms with Gasteiger partial charge in [0.05, 0.1) is 7.11 Å². The fraction of sp³-hybridized carbons (Fsp3) is 0.217. The minimum absolute atomic E-state index is 0.0913. The first-order valence-electron chi connectivity index (χ1n) is 9.31. The lowest BCUT2D eigenvalue weighted by Gasteiger charge is -2.50. The highest BCUT2D eigenvalue weighted by Gasteiger charge is 2.63. The fourth-order valence-corrected chi connectivity index (χ4v) is 4.48. The van der Waals surface area contributed by atoms with Crippen molar-refractivity contribution < 1.29 is 22.3 Å². The van der Waals surface area contributed by atoms with E-state index in [1.165, 1.54) is 54.5 Å². The van der Waals surface area contributed by atoms with Gasteiger partial charge in [-0.3, -0.25) is 0 Å². The molecule has 0 aromatic heterocycles. The van der Waals surface area contributed by atoms with Crippen molar-refractivity contribution in [2.45, 2.75) is 18.1 Å². The normalized spacial score (nSPS) is 18.8. The van der Waals surface area contributed by atoms with Crippen LogP contribution < -0.4 is 9.64 Å². The molecule has 1 aliphatic heterocycles. The van der Waals surface area contributed by atoms with E-state index in [9.17, 15) is 4.39 Å². The molecule has 1 heterocycles. The van der Waals surface area contributed by atoms with E-state index in [1.807, 2.05) is 0 Å². The van der Waals surface area contributed by atoms with Crippen molar-refractivity contribution in [3.8, 4) is 5.75 Å². The molecule has 1 atom stereocenters. The van der Waals surface area contributed by atoms with Gasteiger partial charge in [0, 0.05) is 16.7 Å². The van der Waals surface area contributed by atoms with Crippen molar-refractivity contribution in [1.29, 1.82) is 0 Å². The second-order valence-electron chi connectivity index (χ2n) is 7.12. The minimum atomic E-state index is -4.65. The van der Waals surface area contributed by atoms with Crippen LogP contribution in [-0.4, -0.2) is 19.8 Å². The Morgan fingerprint density at radius 1 is 0.967 bits per heavy atom. The van der Waals surface area contributed by atoms with E-state index in [1.54, 1.807) is 24.3 Å². The van der Waals surface area contributed by atoms with Gasteiger partial charge in [-0.2, -0.15) is 13.2 Å². The first-order chi connectivity index (χ1) is 14.3. The number of anilines is 1. The summed E-state index contributed by atoms with van der Waals surface area (Å²) in [5, 5.41) is 0. The van der Waals surface area contributed by atoms with Crippen LogP contribution in [0.2, 0.25) is 0 Å². The maximum Gasteiger partial charge on any atom is 0.420 e. The summed E-state index contributed by atoms with van der Waals surface area (Å²) in [5.41, 5.74) is -1.31. The molecule has 3 aromatic rings. The van der Waals surface area contributed by atoms with Crippen molar-refractivity contribution in [2.75, 3.05) is 18.6 Å². The molecule has 156 valence electrons. The number of ether oxygens (including phenoxy) is 1. The van der Waals surface area contributed by atoms with E-state index in [4.69, 9.17) is 4.74 Å². The highest BCUT2D eigenvalue weighted by atomic mass is 79.9. The second-order valence-corrected chi connectivity index (χ2v) is 8.03. The number of fused-ring (bicyclic) bond motifs is 1. The fourth-order valence-electron chi connectivity index (χ4n) is 4.22. The van der Waals surface area contributed by atoms with Gasteiger partial charge < -0.3 is 9.64 Å². The SMILES string of the molecule is COc1ccc2c(c1)CCN(c1ccc(F)cc1)C2(c1ccc(Br)cc1)C(F)(F)F. The van der Waals surface area contributed by atoms with E-state index in [2.05, 4.69) is 15.9 Å². The zero-order valence-electron chi connectivity index (χ0n) is 16.0. The van der Waals surface area contributed by atoms with Crippen LogP contribution in [0.25, 0.3) is 0 Å². The standard InChI is InChI=1S/C23H18BrF4NO/c1-30-20-10-11-21-15(14-20)12-13-29(19-8-6-18(25)7-9-19)22(21,23(26,27)28)16-2-4-17(24)5-3-16/h2-11,14H,12-13H2,1H3. The third kappa shape index (κ3) is 3.25. The average Bonchev–Trinajstić information content (AvgIpc) is 2.73. The Kier molecular flexibility index (Phi) is 5.26. The maximum absolute atomic E-state index is 15.1. The largest absolute Gasteiger partial charge is 0.497 e. The predicted molar refractivity (Wildman–Crippen MR) is 111 cm³/mol. The van der Waals surface area contributed by atoms with Crippen LogP contribution in [0.4, 0.5) is 23.2 Å². The Morgan fingerprint density at radius 3 is 2.23 bits per heavy atom. The average molecular weight is 480 g/mol. The summed E-state index contributed by atoms with van der Waals surface area (Å²) in [6.07, 6.45) is -4.25. The Labute approximate surface area is 180 Å². The molecule has 3 aromatic carbocycles. The highest BCUT2D eigenvalue weighted by molar-refractivity contribution is 9.10. The van der Waals surface area contributed by atoms with Crippen molar-refractivity contribution in [2.24, 2.45) is 0 Å². The Balaban J connectivity index is 2.05. The van der Waals surface area contributed by atoms with Gasteiger partial charge in [-0.15, -0.1) is 0 Å². The minimum Gasteiger partial charge on any atom is -0.497 e. The Morgan fingerprint density at radius 2 is 1.63 bits per heavy atom. The number of benzene rings is 3. The number of alkyl halides is 3. The number of hydrogen-bond acceptors (Lipinski definition) is 2. The summed E-state index contributed by atoms with van der Waals surface area (Å²) >= 11 is 3.30. The molecule has 0 bridgehead atoms. The first-order valence-corrected chi connectivity index (χ1v) is 10.1. The summed E-state index contributed by atoms with van der Waals surface area (Å²) in [5.74, 6) is 0.0120. The lowest BCUT2D eigenvalue weighted by atomic mass is 9.74. The van der Waals surface area contributed by atoms with Gasteiger partial charge >= 0.3 is 6.18 Å². The van der Waals surface area contributed by atoms with Gasteiger partial charge in [-0.05, 0) is 71.6 Å². The molecule has 1 unspecified atom stereocenters. The summed E-state index contributed by atoms with van der Waals surface area (Å²) in [6, 6.07) is 16.0. The van der Waals surface area contributed by atoms with Crippen molar-refractivity contribution in [3.63, 3.8) is 0 Å². The molecule has 7 heteroatoms. The zero-order valence-corrected chi connectivity index (χ0v) is 17.6. The first kappa shape index (κ1) is 20.7. The number of rotatable bonds is 3. The molecule has 4 rings (SSSR count). The third-order valence-electron chi connectivity index (χ3n) is 5.52. The van der Waals surface area contributed by atoms with E-state index >= 15 is 13.2 Å². The van der Waals surface area contributed by atoms with Crippen molar-refractivity contribution >= 4 is 21.6 Å². The molecular weight excluding hydrogens is 462 g/mol. The van der Waals surface area contributed by atoms with Gasteiger partial charge in [0.15, 0.2) is 5.54 Å². The number of nitrogens with zero attached hydrogens (tertiary/aromatic N) is 1. The topological polar surface area (TPSA) is 12.5 Å². The van der Waals surface area contributed by atoms with Gasteiger partial charge in [-0.25, -0.2) is 4.39 Å². The molecule has 0 saturated heterocycles. The predicted octanol–water partition coefficient (Wildman–Crippen LogP) is 6.47. The molecule has 0 saturated carbocycles. The van der Waals surface area contributed by atoms with E-state index in [-0.39, 0.29) is 17.7 Å².